The summed E-state index contributed by atoms with van der Waals surface area (Å²) < 4.78 is 11.9. The van der Waals surface area contributed by atoms with Crippen molar-refractivity contribution in [2.75, 3.05) is 19.5 Å². The van der Waals surface area contributed by atoms with Gasteiger partial charge in [-0.1, -0.05) is 12.1 Å². The first-order chi connectivity index (χ1) is 13.0. The minimum atomic E-state index is -0.620. The smallest absolute Gasteiger partial charge is 0.280 e. The average molecular weight is 365 g/mol. The summed E-state index contributed by atoms with van der Waals surface area (Å²) >= 11 is 0. The molecule has 0 spiro atoms. The number of carbonyl (C=O) groups is 1. The van der Waals surface area contributed by atoms with Gasteiger partial charge in [-0.25, -0.2) is 4.68 Å². The number of aryl methyl sites for hydroxylation is 1. The summed E-state index contributed by atoms with van der Waals surface area (Å²) in [4.78, 5) is 24.8. The molecule has 1 amide bonds. The molecule has 0 unspecified atom stereocenters. The van der Waals surface area contributed by atoms with Gasteiger partial charge in [0.05, 0.1) is 25.6 Å². The molecule has 0 aliphatic heterocycles. The van der Waals surface area contributed by atoms with Crippen LogP contribution in [0.1, 0.15) is 16.1 Å². The van der Waals surface area contributed by atoms with E-state index in [1.54, 1.807) is 18.2 Å². The van der Waals surface area contributed by atoms with Crippen LogP contribution in [0, 0.1) is 6.92 Å². The van der Waals surface area contributed by atoms with E-state index in [1.807, 2.05) is 31.2 Å². The van der Waals surface area contributed by atoms with Crippen LogP contribution in [-0.2, 0) is 0 Å². The summed E-state index contributed by atoms with van der Waals surface area (Å²) in [6, 6.07) is 13.9. The lowest BCUT2D eigenvalue weighted by atomic mass is 10.2. The predicted octanol–water partition coefficient (Wildman–Crippen LogP) is 2.81. The number of carbonyl (C=O) groups excluding carboxylic acids is 1. The molecule has 7 nitrogen and oxygen atoms in total. The molecule has 3 rings (SSSR count). The topological polar surface area (TPSA) is 82.5 Å². The normalized spacial score (nSPS) is 10.3. The van der Waals surface area contributed by atoms with E-state index in [0.29, 0.717) is 17.2 Å². The van der Waals surface area contributed by atoms with Crippen LogP contribution >= 0.6 is 0 Å². The van der Waals surface area contributed by atoms with E-state index in [2.05, 4.69) is 10.4 Å². The number of aromatic nitrogens is 2. The van der Waals surface area contributed by atoms with Gasteiger partial charge in [0.15, 0.2) is 5.69 Å². The molecule has 27 heavy (non-hydrogen) atoms. The highest BCUT2D eigenvalue weighted by atomic mass is 16.5. The third-order valence-electron chi connectivity index (χ3n) is 3.95. The van der Waals surface area contributed by atoms with E-state index in [1.165, 1.54) is 31.2 Å². The van der Waals surface area contributed by atoms with Gasteiger partial charge in [-0.15, -0.1) is 0 Å². The second-order valence-corrected chi connectivity index (χ2v) is 5.83. The Bertz CT molecular complexity index is 1040. The highest BCUT2D eigenvalue weighted by Crippen LogP contribution is 2.29. The van der Waals surface area contributed by atoms with Gasteiger partial charge in [0.2, 0.25) is 5.43 Å². The predicted molar refractivity (Wildman–Crippen MR) is 102 cm³/mol. The van der Waals surface area contributed by atoms with Crippen molar-refractivity contribution in [3.63, 3.8) is 0 Å². The lowest BCUT2D eigenvalue weighted by Crippen LogP contribution is -2.25. The van der Waals surface area contributed by atoms with Crippen molar-refractivity contribution in [2.45, 2.75) is 6.92 Å². The van der Waals surface area contributed by atoms with E-state index in [9.17, 15) is 9.59 Å². The molecule has 1 aromatic heterocycles. The second kappa shape index (κ2) is 7.74. The van der Waals surface area contributed by atoms with Gasteiger partial charge in [-0.3, -0.25) is 9.59 Å². The van der Waals surface area contributed by atoms with Crippen LogP contribution in [0.3, 0.4) is 0 Å². The van der Waals surface area contributed by atoms with E-state index in [0.717, 1.165) is 11.3 Å². The molecule has 0 saturated carbocycles. The van der Waals surface area contributed by atoms with E-state index in [4.69, 9.17) is 9.47 Å². The van der Waals surface area contributed by atoms with Crippen molar-refractivity contribution in [3.05, 3.63) is 76.2 Å². The van der Waals surface area contributed by atoms with Crippen molar-refractivity contribution < 1.29 is 14.3 Å². The molecule has 1 heterocycles. The molecule has 0 saturated heterocycles. The van der Waals surface area contributed by atoms with Crippen LogP contribution in [-0.4, -0.2) is 29.9 Å². The van der Waals surface area contributed by atoms with Crippen molar-refractivity contribution in [1.82, 2.24) is 9.78 Å². The Balaban J connectivity index is 1.93. The van der Waals surface area contributed by atoms with E-state index < -0.39 is 11.3 Å². The third kappa shape index (κ3) is 3.98. The molecule has 2 aromatic carbocycles. The maximum Gasteiger partial charge on any atom is 0.280 e. The maximum absolute atomic E-state index is 12.6. The summed E-state index contributed by atoms with van der Waals surface area (Å²) in [5.74, 6) is 0.382. The molecule has 138 valence electrons. The number of hydrogen-bond donors (Lipinski definition) is 1. The van der Waals surface area contributed by atoms with Crippen molar-refractivity contribution >= 4 is 11.6 Å². The minimum Gasteiger partial charge on any atom is -0.497 e. The highest BCUT2D eigenvalue weighted by molar-refractivity contribution is 6.03. The first-order valence-electron chi connectivity index (χ1n) is 8.22. The van der Waals surface area contributed by atoms with Gasteiger partial charge >= 0.3 is 0 Å². The summed E-state index contributed by atoms with van der Waals surface area (Å²) in [5.41, 5.74) is 1.53. The zero-order chi connectivity index (χ0) is 19.4. The average Bonchev–Trinajstić information content (AvgIpc) is 2.68. The summed E-state index contributed by atoms with van der Waals surface area (Å²) in [5, 5.41) is 6.86. The lowest BCUT2D eigenvalue weighted by Gasteiger charge is -2.12. The second-order valence-electron chi connectivity index (χ2n) is 5.83. The monoisotopic (exact) mass is 365 g/mol. The van der Waals surface area contributed by atoms with Gasteiger partial charge in [0.25, 0.3) is 5.91 Å². The Kier molecular flexibility index (Phi) is 5.21. The SMILES string of the molecule is COc1ccc(NC(=O)c2nn(-c3cccc(C)c3)ccc2=O)c(OC)c1. The van der Waals surface area contributed by atoms with Crippen LogP contribution in [0.25, 0.3) is 5.69 Å². The number of benzene rings is 2. The molecule has 0 aliphatic rings. The molecular formula is C20H19N3O4. The van der Waals surface area contributed by atoms with Crippen molar-refractivity contribution in [2.24, 2.45) is 0 Å². The van der Waals surface area contributed by atoms with E-state index >= 15 is 0 Å². The molecule has 0 radical (unpaired) electrons. The Morgan fingerprint density at radius 1 is 1.07 bits per heavy atom. The number of amides is 1. The lowest BCUT2D eigenvalue weighted by molar-refractivity contribution is 0.101. The number of ether oxygens (including phenoxy) is 2. The number of methoxy groups -OCH3 is 2. The summed E-state index contributed by atoms with van der Waals surface area (Å²) in [6.07, 6.45) is 1.53. The fourth-order valence-electron chi connectivity index (χ4n) is 2.56. The largest absolute Gasteiger partial charge is 0.497 e. The molecule has 0 bridgehead atoms. The number of nitrogens with zero attached hydrogens (tertiary/aromatic N) is 2. The Labute approximate surface area is 156 Å². The van der Waals surface area contributed by atoms with Crippen LogP contribution in [0.4, 0.5) is 5.69 Å². The molecule has 0 atom stereocenters. The van der Waals surface area contributed by atoms with Gasteiger partial charge in [0, 0.05) is 18.3 Å². The molecule has 0 aliphatic carbocycles. The van der Waals surface area contributed by atoms with Crippen molar-refractivity contribution in [3.8, 4) is 17.2 Å². The zero-order valence-corrected chi connectivity index (χ0v) is 15.2. The fourth-order valence-corrected chi connectivity index (χ4v) is 2.56. The first-order valence-corrected chi connectivity index (χ1v) is 8.22. The zero-order valence-electron chi connectivity index (χ0n) is 15.2. The summed E-state index contributed by atoms with van der Waals surface area (Å²) in [6.45, 7) is 1.95. The first kappa shape index (κ1) is 18.2. The van der Waals surface area contributed by atoms with Crippen LogP contribution in [0.15, 0.2) is 59.5 Å². The maximum atomic E-state index is 12.6. The fraction of sp³-hybridized carbons (Fsp3) is 0.150. The molecule has 1 N–H and O–H groups in total. The third-order valence-corrected chi connectivity index (χ3v) is 3.95. The van der Waals surface area contributed by atoms with Gasteiger partial charge in [-0.2, -0.15) is 5.10 Å². The van der Waals surface area contributed by atoms with Gasteiger partial charge < -0.3 is 14.8 Å². The van der Waals surface area contributed by atoms with Crippen LogP contribution < -0.4 is 20.2 Å². The quantitative estimate of drug-likeness (QED) is 0.752. The molecule has 0 fully saturated rings. The minimum absolute atomic E-state index is 0.211. The molecule has 7 heteroatoms. The Hall–Kier alpha value is -3.61. The number of rotatable bonds is 5. The molecular weight excluding hydrogens is 346 g/mol. The standard InChI is InChI=1S/C20H19N3O4/c1-13-5-4-6-14(11-13)23-10-9-17(24)19(22-23)20(25)21-16-8-7-15(26-2)12-18(16)27-3/h4-12H,1-3H3,(H,21,25). The number of nitrogens with one attached hydrogen (secondary N) is 1. The van der Waals surface area contributed by atoms with Gasteiger partial charge in [0.1, 0.15) is 11.5 Å². The Morgan fingerprint density at radius 3 is 2.59 bits per heavy atom. The number of anilines is 1. The van der Waals surface area contributed by atoms with Crippen LogP contribution in [0.5, 0.6) is 11.5 Å². The van der Waals surface area contributed by atoms with Crippen LogP contribution in [0.2, 0.25) is 0 Å². The highest BCUT2D eigenvalue weighted by Gasteiger charge is 2.16. The molecule has 3 aromatic rings. The number of hydrogen-bond acceptors (Lipinski definition) is 5. The Morgan fingerprint density at radius 2 is 1.89 bits per heavy atom. The van der Waals surface area contributed by atoms with E-state index in [-0.39, 0.29) is 5.69 Å². The summed E-state index contributed by atoms with van der Waals surface area (Å²) in [7, 11) is 3.02. The van der Waals surface area contributed by atoms with Crippen molar-refractivity contribution in [1.29, 1.82) is 0 Å². The van der Waals surface area contributed by atoms with Gasteiger partial charge in [-0.05, 0) is 36.8 Å².